The molecule has 0 saturated heterocycles. The lowest BCUT2D eigenvalue weighted by Gasteiger charge is -2.34. The monoisotopic (exact) mass is 1950 g/mol. The van der Waals surface area contributed by atoms with Gasteiger partial charge in [-0.15, -0.1) is 0 Å². The Bertz CT molecular complexity index is 4400. The molecule has 49 heteroatoms. The fourth-order valence-corrected chi connectivity index (χ4v) is 12.3. The Morgan fingerprint density at radius 3 is 0.448 bits per heavy atom. The molecule has 0 saturated carbocycles. The Labute approximate surface area is 769 Å². The van der Waals surface area contributed by atoms with E-state index in [2.05, 4.69) is 107 Å². The van der Waals surface area contributed by atoms with E-state index < -0.39 is 123 Å². The highest BCUT2D eigenvalue weighted by Gasteiger charge is 2.43. The number of nitrogens with two attached hydrogens (primary N) is 7. The Morgan fingerprint density at radius 1 is 0.216 bits per heavy atom. The highest BCUT2D eigenvalue weighted by Crippen LogP contribution is 2.42. The quantitative estimate of drug-likeness (QED) is 0.0334. The summed E-state index contributed by atoms with van der Waals surface area (Å²) in [6.45, 7) is 62.4. The summed E-state index contributed by atoms with van der Waals surface area (Å²) in [6, 6.07) is 0.116. The molecule has 0 aliphatic heterocycles. The van der Waals surface area contributed by atoms with Gasteiger partial charge in [-0.25, -0.2) is 34.9 Å². The zero-order valence-corrected chi connectivity index (χ0v) is 81.5. The van der Waals surface area contributed by atoms with Crippen LogP contribution in [0.2, 0.25) is 0 Å². The van der Waals surface area contributed by atoms with Crippen molar-refractivity contribution >= 4 is 82.4 Å². The summed E-state index contributed by atoms with van der Waals surface area (Å²) in [5.74, 6) is -2.37. The van der Waals surface area contributed by atoms with Gasteiger partial charge in [0, 0.05) is 85.7 Å². The number of alkyl halides is 21. The van der Waals surface area contributed by atoms with Crippen LogP contribution in [0.5, 0.6) is 0 Å². The van der Waals surface area contributed by atoms with Crippen molar-refractivity contribution in [3.8, 4) is 0 Å². The molecular formula is C85H135F21N28. The largest absolute Gasteiger partial charge is 0.421 e. The van der Waals surface area contributed by atoms with Crippen molar-refractivity contribution in [3.05, 3.63) is 82.3 Å². The SMILES string of the molecule is CC(C)C(Nc1ncc(C(F)(F)F)c(N)n1)C(C)(C)C.CC(C)[C@@H](Nc1ncc(C(F)(F)F)c(N)n1)C(C)(C)C.CC(C)[C@H](Nc1ncc(C(F)(F)F)c(N)n1)C(C)(C)C.CC[C@@H](Nc1ncc(C(F)(F)F)c(N)n1)C(C)(C)C.CC[C@H](Nc1ncc(C(F)(F)F)c(N)n1)C(C)(C)C.C[C@@H](Nc1ncc(C(F)(F)F)c(N)n1)C(C)(C)C.C[C@H](Nc1ncc(C(F)(F)F)c(N)n1)C(C)(C)C. The van der Waals surface area contributed by atoms with Crippen LogP contribution in [-0.2, 0) is 43.2 Å². The summed E-state index contributed by atoms with van der Waals surface area (Å²) in [7, 11) is 0. The lowest BCUT2D eigenvalue weighted by atomic mass is 9.80. The van der Waals surface area contributed by atoms with E-state index in [1.807, 2.05) is 215 Å². The fraction of sp³-hybridized carbons (Fsp3) is 0.671. The summed E-state index contributed by atoms with van der Waals surface area (Å²) in [6.07, 6.45) is -25.2. The van der Waals surface area contributed by atoms with Crippen molar-refractivity contribution in [2.75, 3.05) is 77.4 Å². The standard InChI is InChI=1S/3C13H21F3N4.2C12H19F3N4.2C11H17F3N4/c3*1-7(2)9(12(3,4)5)19-11-18-6-8(10(17)20-11)13(14,15)16;2*1-5-8(11(2,3)4)18-10-17-6-7(9(16)19-10)12(13,14)15;2*1-6(10(2,3)4)17-9-16-5-7(8(15)18-9)11(12,13)14/h3*6-7,9H,1-5H3,(H3,17,18,19,20);2*6,8H,5H2,1-4H3,(H3,16,17,18,19);2*5-6H,1-4H3,(H3,15,16,17,18)/t2*9-;;2*8-;2*6-/m10.1010/s1. The number of anilines is 14. The maximum Gasteiger partial charge on any atom is 0.421 e. The van der Waals surface area contributed by atoms with E-state index in [1.165, 1.54) is 0 Å². The number of nitrogens with one attached hydrogen (secondary N) is 7. The van der Waals surface area contributed by atoms with Crippen molar-refractivity contribution in [2.24, 2.45) is 55.7 Å². The highest BCUT2D eigenvalue weighted by molar-refractivity contribution is 5.51. The first-order chi connectivity index (χ1) is 59.9. The Hall–Kier alpha value is -10.7. The van der Waals surface area contributed by atoms with Crippen LogP contribution in [0.25, 0.3) is 0 Å². The molecule has 0 bridgehead atoms. The van der Waals surface area contributed by atoms with Crippen molar-refractivity contribution < 1.29 is 92.2 Å². The molecule has 7 rings (SSSR count). The zero-order chi connectivity index (χ0) is 105. The minimum absolute atomic E-state index is 0.00589. The Morgan fingerprint density at radius 2 is 0.351 bits per heavy atom. The van der Waals surface area contributed by atoms with Gasteiger partial charge in [0.2, 0.25) is 41.6 Å². The lowest BCUT2D eigenvalue weighted by Crippen LogP contribution is -2.39. The van der Waals surface area contributed by atoms with Gasteiger partial charge < -0.3 is 77.4 Å². The van der Waals surface area contributed by atoms with Gasteiger partial charge in [0.05, 0.1) is 0 Å². The van der Waals surface area contributed by atoms with Crippen molar-refractivity contribution in [3.63, 3.8) is 0 Å². The van der Waals surface area contributed by atoms with Gasteiger partial charge in [0.25, 0.3) is 0 Å². The number of rotatable bonds is 19. The molecule has 7 atom stereocenters. The molecular weight excluding hydrogens is 1810 g/mol. The number of aromatic nitrogens is 14. The molecule has 0 spiro atoms. The lowest BCUT2D eigenvalue weighted by molar-refractivity contribution is -0.138. The molecule has 0 radical (unpaired) electrons. The van der Waals surface area contributed by atoms with Crippen LogP contribution in [0, 0.1) is 55.7 Å². The van der Waals surface area contributed by atoms with E-state index in [4.69, 9.17) is 40.1 Å². The predicted octanol–water partition coefficient (Wildman–Crippen LogP) is 23.2. The Balaban J connectivity index is 0.000000782. The topological polar surface area (TPSA) is 447 Å². The normalized spacial score (nSPS) is 14.4. The van der Waals surface area contributed by atoms with Crippen LogP contribution >= 0.6 is 0 Å². The third-order valence-electron chi connectivity index (χ3n) is 20.3. The molecule has 0 aromatic carbocycles. The van der Waals surface area contributed by atoms with Gasteiger partial charge >= 0.3 is 43.2 Å². The molecule has 134 heavy (non-hydrogen) atoms. The van der Waals surface area contributed by atoms with Gasteiger partial charge in [-0.05, 0) is 82.3 Å². The van der Waals surface area contributed by atoms with Crippen LogP contribution in [0.1, 0.15) is 266 Å². The summed E-state index contributed by atoms with van der Waals surface area (Å²) in [5.41, 5.74) is 29.7. The van der Waals surface area contributed by atoms with Crippen molar-refractivity contribution in [1.82, 2.24) is 69.8 Å². The predicted molar refractivity (Wildman–Crippen MR) is 485 cm³/mol. The van der Waals surface area contributed by atoms with Gasteiger partial charge in [-0.2, -0.15) is 127 Å². The number of hydrogen-bond acceptors (Lipinski definition) is 28. The second kappa shape index (κ2) is 46.7. The number of hydrogen-bond donors (Lipinski definition) is 14. The van der Waals surface area contributed by atoms with E-state index in [-0.39, 0.29) is 140 Å². The van der Waals surface area contributed by atoms with E-state index in [9.17, 15) is 92.2 Å². The van der Waals surface area contributed by atoms with Crippen LogP contribution in [0.3, 0.4) is 0 Å². The molecule has 7 aromatic heterocycles. The third kappa shape index (κ3) is 40.5. The summed E-state index contributed by atoms with van der Waals surface area (Å²) in [4.78, 5) is 51.5. The molecule has 0 amide bonds. The molecule has 762 valence electrons. The zero-order valence-electron chi connectivity index (χ0n) is 81.5. The van der Waals surface area contributed by atoms with E-state index in [0.717, 1.165) is 12.8 Å². The van der Waals surface area contributed by atoms with Crippen molar-refractivity contribution in [1.29, 1.82) is 0 Å². The number of halogens is 21. The molecule has 1 unspecified atom stereocenters. The molecule has 28 nitrogen and oxygen atoms in total. The minimum atomic E-state index is -4.54. The molecule has 0 aliphatic rings. The second-order valence-corrected chi connectivity index (χ2v) is 40.0. The fourth-order valence-electron chi connectivity index (χ4n) is 12.3. The first kappa shape index (κ1) is 121. The molecule has 7 heterocycles. The average Bonchev–Trinajstić information content (AvgIpc) is 0.826. The minimum Gasteiger partial charge on any atom is -0.383 e. The molecule has 7 aromatic rings. The molecule has 0 fully saturated rings. The maximum atomic E-state index is 12.6. The summed E-state index contributed by atoms with van der Waals surface area (Å²) >= 11 is 0. The number of nitrogens with zero attached hydrogens (tertiary/aromatic N) is 14. The summed E-state index contributed by atoms with van der Waals surface area (Å²) < 4.78 is 263. The first-order valence-corrected chi connectivity index (χ1v) is 42.2. The summed E-state index contributed by atoms with van der Waals surface area (Å²) in [5, 5.41) is 21.1. The highest BCUT2D eigenvalue weighted by atomic mass is 19.4. The molecule has 21 N–H and O–H groups in total. The van der Waals surface area contributed by atoms with Gasteiger partial charge in [-0.1, -0.05) is 201 Å². The number of nitrogen functional groups attached to an aromatic ring is 7. The van der Waals surface area contributed by atoms with Crippen molar-refractivity contribution in [2.45, 2.75) is 313 Å². The average molecular weight is 1950 g/mol. The molecule has 0 aliphatic carbocycles. The smallest absolute Gasteiger partial charge is 0.383 e. The maximum absolute atomic E-state index is 12.6. The van der Waals surface area contributed by atoms with E-state index in [0.29, 0.717) is 43.4 Å². The van der Waals surface area contributed by atoms with Crippen LogP contribution < -0.4 is 77.4 Å². The van der Waals surface area contributed by atoms with Crippen LogP contribution in [0.15, 0.2) is 43.4 Å². The van der Waals surface area contributed by atoms with Gasteiger partial charge in [0.15, 0.2) is 0 Å². The van der Waals surface area contributed by atoms with E-state index in [1.54, 1.807) is 0 Å². The van der Waals surface area contributed by atoms with Crippen LogP contribution in [-0.4, -0.2) is 112 Å². The second-order valence-electron chi connectivity index (χ2n) is 40.0. The van der Waals surface area contributed by atoms with E-state index >= 15 is 0 Å². The van der Waals surface area contributed by atoms with Gasteiger partial charge in [0.1, 0.15) is 79.7 Å². The van der Waals surface area contributed by atoms with Crippen LogP contribution in [0.4, 0.5) is 175 Å². The Kier molecular flexibility index (Phi) is 42.3. The van der Waals surface area contributed by atoms with Gasteiger partial charge in [-0.3, -0.25) is 0 Å². The third-order valence-corrected chi connectivity index (χ3v) is 20.3. The first-order valence-electron chi connectivity index (χ1n) is 42.2.